The van der Waals surface area contributed by atoms with Crippen LogP contribution in [0.4, 0.5) is 0 Å². The first-order chi connectivity index (χ1) is 7.34. The number of carbonyl (C=O) groups excluding carboxylic acids is 2. The molecule has 2 rings (SSSR count). The van der Waals surface area contributed by atoms with Crippen LogP contribution in [0.5, 0.6) is 0 Å². The molecule has 0 amide bonds. The highest BCUT2D eigenvalue weighted by atomic mass is 16.5. The lowest BCUT2D eigenvalue weighted by atomic mass is 9.70. The number of fused-ring (bicyclic) bond motifs is 2. The van der Waals surface area contributed by atoms with Gasteiger partial charge < -0.3 is 4.74 Å². The van der Waals surface area contributed by atoms with Gasteiger partial charge in [0.2, 0.25) is 0 Å². The van der Waals surface area contributed by atoms with Crippen LogP contribution < -0.4 is 0 Å². The van der Waals surface area contributed by atoms with E-state index in [0.29, 0.717) is 0 Å². The molecular weight excluding hydrogens is 204 g/mol. The second-order valence-corrected chi connectivity index (χ2v) is 5.62. The predicted octanol–water partition coefficient (Wildman–Crippen LogP) is 2.11. The van der Waals surface area contributed by atoms with Gasteiger partial charge in [-0.25, -0.2) is 4.79 Å². The maximum absolute atomic E-state index is 12.2. The summed E-state index contributed by atoms with van der Waals surface area (Å²) < 4.78 is 5.20. The minimum absolute atomic E-state index is 0.0732. The van der Waals surface area contributed by atoms with Crippen molar-refractivity contribution in [2.45, 2.75) is 39.7 Å². The Bertz CT molecular complexity index is 369. The normalized spacial score (nSPS) is 39.8. The number of esters is 1. The monoisotopic (exact) mass is 222 g/mol. The molecule has 0 aromatic heterocycles. The molecule has 3 atom stereocenters. The third-order valence-electron chi connectivity index (χ3n) is 4.88. The highest BCUT2D eigenvalue weighted by Gasteiger charge is 2.67. The summed E-state index contributed by atoms with van der Waals surface area (Å²) in [5, 5.41) is 0. The zero-order valence-electron chi connectivity index (χ0n) is 10.1. The lowest BCUT2D eigenvalue weighted by Gasteiger charge is -2.31. The van der Waals surface area contributed by atoms with Crippen molar-refractivity contribution in [2.24, 2.45) is 16.7 Å². The molecule has 2 aliphatic carbocycles. The van der Waals surface area contributed by atoms with Gasteiger partial charge >= 0.3 is 5.97 Å². The van der Waals surface area contributed by atoms with Crippen LogP contribution in [-0.2, 0) is 14.3 Å². The Hall–Kier alpha value is -1.12. The number of ketones is 1. The summed E-state index contributed by atoms with van der Waals surface area (Å²) in [4.78, 5) is 23.5. The van der Waals surface area contributed by atoms with E-state index in [2.05, 4.69) is 20.4 Å². The third-order valence-corrected chi connectivity index (χ3v) is 4.88. The van der Waals surface area contributed by atoms with E-state index in [-0.39, 0.29) is 22.5 Å². The van der Waals surface area contributed by atoms with Crippen LogP contribution in [-0.4, -0.2) is 17.9 Å². The predicted molar refractivity (Wildman–Crippen MR) is 59.7 cm³/mol. The summed E-state index contributed by atoms with van der Waals surface area (Å²) in [5.41, 5.74) is -0.403. The molecule has 0 spiro atoms. The molecule has 3 nitrogen and oxygen atoms in total. The van der Waals surface area contributed by atoms with E-state index in [0.717, 1.165) is 18.9 Å². The molecule has 0 aromatic rings. The van der Waals surface area contributed by atoms with Crippen molar-refractivity contribution in [1.82, 2.24) is 0 Å². The topological polar surface area (TPSA) is 43.4 Å². The average molecular weight is 222 g/mol. The molecule has 16 heavy (non-hydrogen) atoms. The molecule has 0 aromatic carbocycles. The minimum Gasteiger partial charge on any atom is -0.451 e. The second kappa shape index (κ2) is 3.19. The van der Waals surface area contributed by atoms with Gasteiger partial charge in [-0.2, -0.15) is 0 Å². The van der Waals surface area contributed by atoms with Crippen LogP contribution in [0.1, 0.15) is 33.6 Å². The van der Waals surface area contributed by atoms with Gasteiger partial charge in [0.25, 0.3) is 0 Å². The highest BCUT2D eigenvalue weighted by molar-refractivity contribution is 5.96. The number of carbonyl (C=O) groups is 2. The quantitative estimate of drug-likeness (QED) is 0.531. The maximum atomic E-state index is 12.2. The summed E-state index contributed by atoms with van der Waals surface area (Å²) in [6, 6.07) is 0. The van der Waals surface area contributed by atoms with Crippen LogP contribution in [0.3, 0.4) is 0 Å². The molecule has 0 radical (unpaired) electrons. The Balaban J connectivity index is 2.29. The molecule has 0 saturated heterocycles. The first kappa shape index (κ1) is 11.4. The zero-order valence-corrected chi connectivity index (χ0v) is 10.1. The van der Waals surface area contributed by atoms with Crippen LogP contribution >= 0.6 is 0 Å². The fourth-order valence-corrected chi connectivity index (χ4v) is 3.31. The molecule has 2 saturated carbocycles. The van der Waals surface area contributed by atoms with Crippen molar-refractivity contribution in [3.8, 4) is 0 Å². The van der Waals surface area contributed by atoms with Gasteiger partial charge in [-0.1, -0.05) is 27.4 Å². The van der Waals surface area contributed by atoms with Crippen molar-refractivity contribution < 1.29 is 14.3 Å². The third kappa shape index (κ3) is 1.14. The Morgan fingerprint density at radius 2 is 2.12 bits per heavy atom. The molecule has 3 heteroatoms. The molecule has 2 aliphatic rings. The van der Waals surface area contributed by atoms with Crippen LogP contribution in [0.25, 0.3) is 0 Å². The van der Waals surface area contributed by atoms with E-state index in [1.807, 2.05) is 6.92 Å². The number of Topliss-reactive ketones (excluding diaryl/α,β-unsaturated/α-hetero) is 1. The summed E-state index contributed by atoms with van der Waals surface area (Å²) in [7, 11) is 0. The van der Waals surface area contributed by atoms with Gasteiger partial charge in [-0.3, -0.25) is 4.79 Å². The van der Waals surface area contributed by atoms with Crippen molar-refractivity contribution in [2.75, 3.05) is 0 Å². The lowest BCUT2D eigenvalue weighted by molar-refractivity contribution is -0.154. The van der Waals surface area contributed by atoms with Crippen molar-refractivity contribution in [1.29, 1.82) is 0 Å². The number of rotatable bonds is 2. The van der Waals surface area contributed by atoms with Gasteiger partial charge in [0.05, 0.1) is 0 Å². The fraction of sp³-hybridized carbons (Fsp3) is 0.692. The van der Waals surface area contributed by atoms with Crippen LogP contribution in [0, 0.1) is 16.7 Å². The van der Waals surface area contributed by atoms with Crippen LogP contribution in [0.2, 0.25) is 0 Å². The smallest absolute Gasteiger partial charge is 0.330 e. The number of ether oxygens (including phenoxy) is 1. The molecular formula is C13H18O3. The summed E-state index contributed by atoms with van der Waals surface area (Å²) in [6.07, 6.45) is 2.43. The molecule has 2 fully saturated rings. The first-order valence-electron chi connectivity index (χ1n) is 5.72. The lowest BCUT2D eigenvalue weighted by Crippen LogP contribution is -2.36. The Labute approximate surface area is 95.9 Å². The second-order valence-electron chi connectivity index (χ2n) is 5.62. The van der Waals surface area contributed by atoms with Gasteiger partial charge in [0, 0.05) is 17.4 Å². The molecule has 0 heterocycles. The Morgan fingerprint density at radius 1 is 1.50 bits per heavy atom. The van der Waals surface area contributed by atoms with E-state index >= 15 is 0 Å². The van der Waals surface area contributed by atoms with Gasteiger partial charge in [-0.15, -0.1) is 0 Å². The van der Waals surface area contributed by atoms with E-state index in [1.165, 1.54) is 0 Å². The molecule has 2 bridgehead atoms. The SMILES string of the molecule is C=CC(=O)OC1C(=O)C2(C)CCC1C2(C)C. The standard InChI is InChI=1S/C13H18O3/c1-5-9(14)16-10-8-6-7-13(4,11(10)15)12(8,2)3/h5,8,10H,1,6-7H2,2-4H3. The summed E-state index contributed by atoms with van der Waals surface area (Å²) >= 11 is 0. The highest BCUT2D eigenvalue weighted by Crippen LogP contribution is 2.64. The minimum atomic E-state index is -0.556. The zero-order chi connectivity index (χ0) is 12.1. The molecule has 88 valence electrons. The van der Waals surface area contributed by atoms with Crippen molar-refractivity contribution in [3.63, 3.8) is 0 Å². The van der Waals surface area contributed by atoms with Crippen LogP contribution in [0.15, 0.2) is 12.7 Å². The van der Waals surface area contributed by atoms with E-state index in [4.69, 9.17) is 4.74 Å². The summed E-state index contributed by atoms with van der Waals surface area (Å²) in [6.45, 7) is 9.56. The molecule has 0 aliphatic heterocycles. The summed E-state index contributed by atoms with van der Waals surface area (Å²) in [5.74, 6) is -0.247. The molecule has 0 N–H and O–H groups in total. The maximum Gasteiger partial charge on any atom is 0.330 e. The van der Waals surface area contributed by atoms with Gasteiger partial charge in [0.1, 0.15) is 0 Å². The van der Waals surface area contributed by atoms with E-state index in [9.17, 15) is 9.59 Å². The number of hydrogen-bond acceptors (Lipinski definition) is 3. The van der Waals surface area contributed by atoms with Crippen molar-refractivity contribution >= 4 is 11.8 Å². The Kier molecular flexibility index (Phi) is 2.26. The Morgan fingerprint density at radius 3 is 2.56 bits per heavy atom. The first-order valence-corrected chi connectivity index (χ1v) is 5.72. The van der Waals surface area contributed by atoms with E-state index in [1.54, 1.807) is 0 Å². The fourth-order valence-electron chi connectivity index (χ4n) is 3.31. The largest absolute Gasteiger partial charge is 0.451 e. The van der Waals surface area contributed by atoms with Crippen molar-refractivity contribution in [3.05, 3.63) is 12.7 Å². The van der Waals surface area contributed by atoms with Gasteiger partial charge in [0.15, 0.2) is 11.9 Å². The average Bonchev–Trinajstić information content (AvgIpc) is 2.53. The molecule has 3 unspecified atom stereocenters. The number of hydrogen-bond donors (Lipinski definition) is 0. The van der Waals surface area contributed by atoms with Gasteiger partial charge in [-0.05, 0) is 18.3 Å². The van der Waals surface area contributed by atoms with E-state index < -0.39 is 12.1 Å².